The van der Waals surface area contributed by atoms with Crippen molar-refractivity contribution in [1.29, 1.82) is 0 Å². The fourth-order valence-corrected chi connectivity index (χ4v) is 1.85. The van der Waals surface area contributed by atoms with Crippen LogP contribution in [0.4, 0.5) is 4.39 Å². The summed E-state index contributed by atoms with van der Waals surface area (Å²) >= 11 is 0. The van der Waals surface area contributed by atoms with E-state index in [1.165, 1.54) is 6.07 Å². The summed E-state index contributed by atoms with van der Waals surface area (Å²) in [4.78, 5) is 4.31. The Balaban J connectivity index is 2.48. The van der Waals surface area contributed by atoms with Crippen molar-refractivity contribution in [2.75, 3.05) is 7.11 Å². The number of aromatic nitrogens is 3. The van der Waals surface area contributed by atoms with E-state index in [9.17, 15) is 4.39 Å². The van der Waals surface area contributed by atoms with Crippen molar-refractivity contribution in [1.82, 2.24) is 14.8 Å². The normalized spacial score (nSPS) is 11.1. The average Bonchev–Trinajstić information content (AvgIpc) is 2.70. The number of benzene rings is 1. The van der Waals surface area contributed by atoms with Crippen molar-refractivity contribution in [3.05, 3.63) is 29.8 Å². The van der Waals surface area contributed by atoms with Crippen molar-refractivity contribution in [2.24, 2.45) is 7.05 Å². The second kappa shape index (κ2) is 6.00. The van der Waals surface area contributed by atoms with E-state index < -0.39 is 5.82 Å². The molecule has 0 N–H and O–H groups in total. The van der Waals surface area contributed by atoms with Crippen LogP contribution in [0.5, 0.6) is 5.75 Å². The third kappa shape index (κ3) is 2.96. The average molecular weight is 279 g/mol. The Morgan fingerprint density at radius 1 is 1.35 bits per heavy atom. The summed E-state index contributed by atoms with van der Waals surface area (Å²) in [5.41, 5.74) is 0.277. The van der Waals surface area contributed by atoms with Gasteiger partial charge in [0.25, 0.3) is 0 Å². The van der Waals surface area contributed by atoms with Crippen molar-refractivity contribution in [2.45, 2.75) is 26.6 Å². The van der Waals surface area contributed by atoms with Gasteiger partial charge in [-0.2, -0.15) is 5.10 Å². The first-order chi connectivity index (χ1) is 9.52. The number of nitrogens with zero attached hydrogens (tertiary/aromatic N) is 3. The van der Waals surface area contributed by atoms with Crippen LogP contribution in [-0.4, -0.2) is 28.0 Å². The monoisotopic (exact) mass is 279 g/mol. The molecule has 20 heavy (non-hydrogen) atoms. The zero-order chi connectivity index (χ0) is 14.7. The van der Waals surface area contributed by atoms with E-state index in [4.69, 9.17) is 9.47 Å². The van der Waals surface area contributed by atoms with E-state index in [1.54, 1.807) is 31.0 Å². The van der Waals surface area contributed by atoms with Gasteiger partial charge in [-0.3, -0.25) is 4.68 Å². The van der Waals surface area contributed by atoms with E-state index >= 15 is 0 Å². The molecule has 1 heterocycles. The minimum Gasteiger partial charge on any atom is -0.490 e. The molecule has 0 saturated carbocycles. The van der Waals surface area contributed by atoms with Crippen LogP contribution in [0.1, 0.15) is 19.7 Å². The van der Waals surface area contributed by atoms with Gasteiger partial charge >= 0.3 is 0 Å². The minimum absolute atomic E-state index is 0.0577. The second-order valence-corrected chi connectivity index (χ2v) is 4.69. The molecule has 0 aliphatic heterocycles. The highest BCUT2D eigenvalue weighted by Gasteiger charge is 2.18. The van der Waals surface area contributed by atoms with Crippen LogP contribution in [0.25, 0.3) is 11.4 Å². The summed E-state index contributed by atoms with van der Waals surface area (Å²) in [5, 5.41) is 4.23. The van der Waals surface area contributed by atoms with Gasteiger partial charge in [0.1, 0.15) is 18.2 Å². The van der Waals surface area contributed by atoms with Crippen molar-refractivity contribution in [3.63, 3.8) is 0 Å². The Morgan fingerprint density at radius 2 is 2.10 bits per heavy atom. The molecule has 1 aromatic carbocycles. The quantitative estimate of drug-likeness (QED) is 0.844. The van der Waals surface area contributed by atoms with Crippen LogP contribution in [0.2, 0.25) is 0 Å². The predicted octanol–water partition coefficient (Wildman–Crippen LogP) is 2.55. The minimum atomic E-state index is -0.405. The Kier molecular flexibility index (Phi) is 4.34. The smallest absolute Gasteiger partial charge is 0.188 e. The van der Waals surface area contributed by atoms with Gasteiger partial charge in [-0.05, 0) is 26.0 Å². The van der Waals surface area contributed by atoms with Crippen molar-refractivity contribution < 1.29 is 13.9 Å². The molecule has 2 aromatic rings. The van der Waals surface area contributed by atoms with E-state index in [-0.39, 0.29) is 11.7 Å². The van der Waals surface area contributed by atoms with Gasteiger partial charge in [0.05, 0.1) is 11.7 Å². The van der Waals surface area contributed by atoms with Gasteiger partial charge < -0.3 is 9.47 Å². The van der Waals surface area contributed by atoms with Crippen molar-refractivity contribution >= 4 is 0 Å². The molecular formula is C14H18FN3O2. The standard InChI is InChI=1S/C14H18FN3O2/c1-9(2)20-11-7-5-6-10(15)13(11)14-16-12(8-19-4)18(3)17-14/h5-7,9H,8H2,1-4H3. The lowest BCUT2D eigenvalue weighted by molar-refractivity contribution is 0.174. The molecule has 0 aliphatic rings. The Bertz CT molecular complexity index is 596. The Hall–Kier alpha value is -1.95. The fourth-order valence-electron chi connectivity index (χ4n) is 1.85. The molecule has 1 aromatic heterocycles. The lowest BCUT2D eigenvalue weighted by atomic mass is 10.1. The zero-order valence-corrected chi connectivity index (χ0v) is 12.1. The highest BCUT2D eigenvalue weighted by atomic mass is 19.1. The number of ether oxygens (including phenoxy) is 2. The summed E-state index contributed by atoms with van der Waals surface area (Å²) in [6.45, 7) is 4.09. The largest absolute Gasteiger partial charge is 0.490 e. The Morgan fingerprint density at radius 3 is 2.75 bits per heavy atom. The first kappa shape index (κ1) is 14.5. The molecule has 0 amide bonds. The van der Waals surface area contributed by atoms with Crippen LogP contribution < -0.4 is 4.74 Å². The van der Waals surface area contributed by atoms with Crippen molar-refractivity contribution in [3.8, 4) is 17.1 Å². The van der Waals surface area contributed by atoms with Gasteiger partial charge in [0, 0.05) is 14.2 Å². The molecule has 0 radical (unpaired) electrons. The van der Waals surface area contributed by atoms with Crippen LogP contribution in [0.15, 0.2) is 18.2 Å². The predicted molar refractivity (Wildman–Crippen MR) is 72.9 cm³/mol. The number of rotatable bonds is 5. The third-order valence-corrected chi connectivity index (χ3v) is 2.69. The topological polar surface area (TPSA) is 49.2 Å². The summed E-state index contributed by atoms with van der Waals surface area (Å²) in [6, 6.07) is 4.69. The molecule has 0 bridgehead atoms. The van der Waals surface area contributed by atoms with Gasteiger partial charge in [0.2, 0.25) is 0 Å². The number of hydrogen-bond acceptors (Lipinski definition) is 4. The highest BCUT2D eigenvalue weighted by molar-refractivity contribution is 5.64. The summed E-state index contributed by atoms with van der Waals surface area (Å²) in [6.07, 6.45) is -0.0577. The first-order valence-corrected chi connectivity index (χ1v) is 6.37. The molecule has 0 fully saturated rings. The molecule has 2 rings (SSSR count). The molecule has 0 spiro atoms. The van der Waals surface area contributed by atoms with Gasteiger partial charge in [0.15, 0.2) is 11.6 Å². The molecule has 0 unspecified atom stereocenters. The van der Waals surface area contributed by atoms with Crippen LogP contribution in [-0.2, 0) is 18.4 Å². The Labute approximate surface area is 117 Å². The van der Waals surface area contributed by atoms with E-state index in [2.05, 4.69) is 10.1 Å². The number of halogens is 1. The summed E-state index contributed by atoms with van der Waals surface area (Å²) in [5.74, 6) is 0.960. The maximum absolute atomic E-state index is 14.1. The van der Waals surface area contributed by atoms with E-state index in [1.807, 2.05) is 13.8 Å². The molecule has 0 aliphatic carbocycles. The molecule has 5 nitrogen and oxygen atoms in total. The molecule has 0 saturated heterocycles. The maximum Gasteiger partial charge on any atom is 0.188 e. The van der Waals surface area contributed by atoms with E-state index in [0.717, 1.165) is 0 Å². The second-order valence-electron chi connectivity index (χ2n) is 4.69. The summed E-state index contributed by atoms with van der Waals surface area (Å²) < 4.78 is 26.4. The van der Waals surface area contributed by atoms with Gasteiger partial charge in [-0.15, -0.1) is 0 Å². The van der Waals surface area contributed by atoms with Gasteiger partial charge in [-0.1, -0.05) is 6.07 Å². The fraction of sp³-hybridized carbons (Fsp3) is 0.429. The van der Waals surface area contributed by atoms with Gasteiger partial charge in [-0.25, -0.2) is 9.37 Å². The lowest BCUT2D eigenvalue weighted by Gasteiger charge is -2.12. The third-order valence-electron chi connectivity index (χ3n) is 2.69. The molecule has 0 atom stereocenters. The molecule has 108 valence electrons. The first-order valence-electron chi connectivity index (χ1n) is 6.37. The SMILES string of the molecule is COCc1nc(-c2c(F)cccc2OC(C)C)nn1C. The lowest BCUT2D eigenvalue weighted by Crippen LogP contribution is -2.07. The number of methoxy groups -OCH3 is 1. The number of hydrogen-bond donors (Lipinski definition) is 0. The molecular weight excluding hydrogens is 261 g/mol. The number of aryl methyl sites for hydroxylation is 1. The zero-order valence-electron chi connectivity index (χ0n) is 12.1. The summed E-state index contributed by atoms with van der Waals surface area (Å²) in [7, 11) is 3.32. The maximum atomic E-state index is 14.1. The van der Waals surface area contributed by atoms with E-state index in [0.29, 0.717) is 24.0 Å². The van der Waals surface area contributed by atoms with Crippen LogP contribution >= 0.6 is 0 Å². The van der Waals surface area contributed by atoms with Crippen LogP contribution in [0, 0.1) is 5.82 Å². The molecule has 6 heteroatoms. The highest BCUT2D eigenvalue weighted by Crippen LogP contribution is 2.31. The van der Waals surface area contributed by atoms with Crippen LogP contribution in [0.3, 0.4) is 0 Å².